The molecule has 0 bridgehead atoms. The molecule has 0 aliphatic carbocycles. The van der Waals surface area contributed by atoms with Crippen LogP contribution >= 0.6 is 11.3 Å². The van der Waals surface area contributed by atoms with Crippen LogP contribution in [-0.2, 0) is 11.3 Å². The molecule has 0 aliphatic heterocycles. The van der Waals surface area contributed by atoms with Crippen molar-refractivity contribution in [3.05, 3.63) is 44.9 Å². The van der Waals surface area contributed by atoms with Crippen LogP contribution in [0.3, 0.4) is 0 Å². The van der Waals surface area contributed by atoms with Crippen molar-refractivity contribution >= 4 is 23.1 Å². The minimum atomic E-state index is -0.411. The molecule has 0 aromatic carbocycles. The first-order valence-corrected chi connectivity index (χ1v) is 8.97. The van der Waals surface area contributed by atoms with Gasteiger partial charge in [-0.15, -0.1) is 11.3 Å². The molecular weight excluding hydrogens is 324 g/mol. The molecular formula is C18H25N2O3S+. The number of Topliss-reactive ketones (excluding diaryl/α,β-unsaturated/α-hetero) is 1. The number of thiophene rings is 1. The fraction of sp³-hybridized carbons (Fsp3) is 0.444. The number of ether oxygens (including phenoxy) is 1. The number of carbonyl (C=O) groups excluding carboxylic acids is 2. The van der Waals surface area contributed by atoms with Crippen molar-refractivity contribution in [2.75, 3.05) is 13.7 Å². The average molecular weight is 349 g/mol. The monoisotopic (exact) mass is 349 g/mol. The van der Waals surface area contributed by atoms with E-state index in [-0.39, 0.29) is 11.8 Å². The molecule has 2 aromatic rings. The largest absolute Gasteiger partial charge is 0.465 e. The van der Waals surface area contributed by atoms with Crippen molar-refractivity contribution in [2.24, 2.45) is 0 Å². The summed E-state index contributed by atoms with van der Waals surface area (Å²) in [6.07, 6.45) is 0. The van der Waals surface area contributed by atoms with Crippen molar-refractivity contribution in [1.82, 2.24) is 4.98 Å². The van der Waals surface area contributed by atoms with Gasteiger partial charge in [0.25, 0.3) is 0 Å². The second kappa shape index (κ2) is 7.77. The summed E-state index contributed by atoms with van der Waals surface area (Å²) in [6, 6.07) is 3.93. The molecule has 2 N–H and O–H groups in total. The number of esters is 1. The number of aromatic amines is 1. The number of aromatic nitrogens is 1. The molecule has 5 nitrogen and oxygen atoms in total. The maximum absolute atomic E-state index is 13.0. The van der Waals surface area contributed by atoms with Crippen molar-refractivity contribution in [1.29, 1.82) is 0 Å². The molecule has 2 atom stereocenters. The number of aryl methyl sites for hydroxylation is 1. The Morgan fingerprint density at radius 1 is 1.38 bits per heavy atom. The van der Waals surface area contributed by atoms with Gasteiger partial charge in [-0.05, 0) is 44.7 Å². The third kappa shape index (κ3) is 3.60. The first kappa shape index (κ1) is 18.4. The van der Waals surface area contributed by atoms with Gasteiger partial charge in [0.1, 0.15) is 6.54 Å². The van der Waals surface area contributed by atoms with E-state index in [0.717, 1.165) is 13.1 Å². The van der Waals surface area contributed by atoms with Crippen LogP contribution in [0.15, 0.2) is 17.5 Å². The Morgan fingerprint density at radius 2 is 2.08 bits per heavy atom. The summed E-state index contributed by atoms with van der Waals surface area (Å²) < 4.78 is 4.82. The fourth-order valence-corrected chi connectivity index (χ4v) is 3.79. The Morgan fingerprint density at radius 3 is 2.62 bits per heavy atom. The molecule has 2 heterocycles. The zero-order chi connectivity index (χ0) is 17.9. The van der Waals surface area contributed by atoms with E-state index < -0.39 is 5.97 Å². The second-order valence-electron chi connectivity index (χ2n) is 5.97. The van der Waals surface area contributed by atoms with Gasteiger partial charge in [-0.1, -0.05) is 6.07 Å². The van der Waals surface area contributed by atoms with E-state index in [1.807, 2.05) is 13.0 Å². The SMILES string of the molecule is CC[NH+](Cc1cccs1)[C@@H](C)C(=O)c1[nH]c(C)c(C(=O)OC)c1C. The summed E-state index contributed by atoms with van der Waals surface area (Å²) in [5, 5.41) is 2.05. The molecule has 0 saturated heterocycles. The van der Waals surface area contributed by atoms with E-state index in [1.165, 1.54) is 16.9 Å². The lowest BCUT2D eigenvalue weighted by atomic mass is 10.0. The number of methoxy groups -OCH3 is 1. The minimum Gasteiger partial charge on any atom is -0.465 e. The number of hydrogen-bond donors (Lipinski definition) is 2. The highest BCUT2D eigenvalue weighted by Crippen LogP contribution is 2.20. The van der Waals surface area contributed by atoms with Gasteiger partial charge in [0.2, 0.25) is 5.78 Å². The van der Waals surface area contributed by atoms with Crippen LogP contribution in [0.1, 0.15) is 50.8 Å². The van der Waals surface area contributed by atoms with E-state index in [0.29, 0.717) is 22.5 Å². The van der Waals surface area contributed by atoms with Crippen LogP contribution in [0.2, 0.25) is 0 Å². The fourth-order valence-electron chi connectivity index (χ4n) is 3.03. The standard InChI is InChI=1S/C18H24N2O3S/c1-6-20(10-14-8-7-9-24-14)13(4)17(21)16-11(2)15(12(3)19-16)18(22)23-5/h7-9,13,19H,6,10H2,1-5H3/p+1/t13-/m0/s1. The highest BCUT2D eigenvalue weighted by atomic mass is 32.1. The summed E-state index contributed by atoms with van der Waals surface area (Å²) in [7, 11) is 1.35. The molecule has 6 heteroatoms. The maximum atomic E-state index is 13.0. The van der Waals surface area contributed by atoms with E-state index >= 15 is 0 Å². The Hall–Kier alpha value is -1.92. The van der Waals surface area contributed by atoms with Crippen LogP contribution in [-0.4, -0.2) is 36.4 Å². The lowest BCUT2D eigenvalue weighted by Crippen LogP contribution is -3.14. The highest BCUT2D eigenvalue weighted by molar-refractivity contribution is 7.09. The predicted molar refractivity (Wildman–Crippen MR) is 94.9 cm³/mol. The van der Waals surface area contributed by atoms with Crippen LogP contribution < -0.4 is 4.90 Å². The molecule has 0 spiro atoms. The van der Waals surface area contributed by atoms with Gasteiger partial charge in [-0.25, -0.2) is 4.79 Å². The van der Waals surface area contributed by atoms with Crippen LogP contribution in [0, 0.1) is 13.8 Å². The van der Waals surface area contributed by atoms with Gasteiger partial charge < -0.3 is 14.6 Å². The number of rotatable bonds is 7. The zero-order valence-corrected chi connectivity index (χ0v) is 15.7. The number of carbonyl (C=O) groups is 2. The summed E-state index contributed by atoms with van der Waals surface area (Å²) in [4.78, 5) is 30.4. The van der Waals surface area contributed by atoms with Gasteiger partial charge in [-0.2, -0.15) is 0 Å². The van der Waals surface area contributed by atoms with E-state index in [9.17, 15) is 9.59 Å². The van der Waals surface area contributed by atoms with Crippen molar-refractivity contribution in [3.63, 3.8) is 0 Å². The third-order valence-corrected chi connectivity index (χ3v) is 5.39. The maximum Gasteiger partial charge on any atom is 0.339 e. The van der Waals surface area contributed by atoms with Crippen molar-refractivity contribution < 1.29 is 19.2 Å². The molecule has 0 saturated carbocycles. The average Bonchev–Trinajstić information content (AvgIpc) is 3.18. The van der Waals surface area contributed by atoms with Crippen LogP contribution in [0.4, 0.5) is 0 Å². The van der Waals surface area contributed by atoms with Gasteiger partial charge in [0.05, 0.1) is 29.8 Å². The Balaban J connectivity index is 2.25. The first-order chi connectivity index (χ1) is 11.4. The van der Waals surface area contributed by atoms with E-state index in [4.69, 9.17) is 4.74 Å². The molecule has 1 unspecified atom stereocenters. The summed E-state index contributed by atoms with van der Waals surface area (Å²) in [5.74, 6) is -0.384. The van der Waals surface area contributed by atoms with Crippen molar-refractivity contribution in [3.8, 4) is 0 Å². The molecule has 24 heavy (non-hydrogen) atoms. The molecule has 0 radical (unpaired) electrons. The number of H-pyrrole nitrogens is 1. The van der Waals surface area contributed by atoms with E-state index in [1.54, 1.807) is 25.2 Å². The van der Waals surface area contributed by atoms with Gasteiger partial charge in [0.15, 0.2) is 6.04 Å². The molecule has 2 aromatic heterocycles. The van der Waals surface area contributed by atoms with Crippen molar-refractivity contribution in [2.45, 2.75) is 40.3 Å². The highest BCUT2D eigenvalue weighted by Gasteiger charge is 2.30. The first-order valence-electron chi connectivity index (χ1n) is 8.09. The van der Waals surface area contributed by atoms with E-state index in [2.05, 4.69) is 23.4 Å². The number of hydrogen-bond acceptors (Lipinski definition) is 4. The molecule has 0 amide bonds. The number of nitrogens with one attached hydrogen (secondary N) is 2. The predicted octanol–water partition coefficient (Wildman–Crippen LogP) is 2.16. The molecule has 0 aliphatic rings. The number of ketones is 1. The Kier molecular flexibility index (Phi) is 5.96. The van der Waals surface area contributed by atoms with Gasteiger partial charge >= 0.3 is 5.97 Å². The summed E-state index contributed by atoms with van der Waals surface area (Å²) in [5.41, 5.74) is 2.32. The Labute approximate surface area is 146 Å². The normalized spacial score (nSPS) is 13.5. The van der Waals surface area contributed by atoms with Crippen LogP contribution in [0.25, 0.3) is 0 Å². The third-order valence-electron chi connectivity index (χ3n) is 4.51. The molecule has 0 fully saturated rings. The molecule has 130 valence electrons. The summed E-state index contributed by atoms with van der Waals surface area (Å²) in [6.45, 7) is 9.29. The number of quaternary nitrogens is 1. The summed E-state index contributed by atoms with van der Waals surface area (Å²) >= 11 is 1.71. The topological polar surface area (TPSA) is 63.6 Å². The second-order valence-corrected chi connectivity index (χ2v) is 7.00. The zero-order valence-electron chi connectivity index (χ0n) is 14.9. The molecule has 2 rings (SSSR count). The smallest absolute Gasteiger partial charge is 0.339 e. The quantitative estimate of drug-likeness (QED) is 0.595. The van der Waals surface area contributed by atoms with Gasteiger partial charge in [0, 0.05) is 5.69 Å². The lowest BCUT2D eigenvalue weighted by molar-refractivity contribution is -0.925. The van der Waals surface area contributed by atoms with Gasteiger partial charge in [-0.3, -0.25) is 4.79 Å². The minimum absolute atomic E-state index is 0.0270. The number of likely N-dealkylation sites (N-methyl/N-ethyl adjacent to an activating group) is 1. The van der Waals surface area contributed by atoms with Crippen LogP contribution in [0.5, 0.6) is 0 Å². The lowest BCUT2D eigenvalue weighted by Gasteiger charge is -2.23. The Bertz CT molecular complexity index is 719.